The van der Waals surface area contributed by atoms with E-state index in [4.69, 9.17) is 10.6 Å². The number of thioether (sulfide) groups is 1. The predicted octanol–water partition coefficient (Wildman–Crippen LogP) is 0.626. The van der Waals surface area contributed by atoms with Crippen LogP contribution < -0.4 is 5.84 Å². The largest absolute Gasteiger partial charge is 0.378 e. The van der Waals surface area contributed by atoms with Crippen molar-refractivity contribution >= 4 is 11.8 Å². The fraction of sp³-hybridized carbons (Fsp3) is 0.700. The number of nitrogens with zero attached hydrogens (tertiary/aromatic N) is 3. The van der Waals surface area contributed by atoms with E-state index in [1.165, 1.54) is 12.2 Å². The minimum atomic E-state index is 0.118. The molecule has 3 rings (SSSR count). The highest BCUT2D eigenvalue weighted by Crippen LogP contribution is 2.28. The number of hydrogen-bond acceptors (Lipinski definition) is 5. The quantitative estimate of drug-likeness (QED) is 0.730. The molecular weight excluding hydrogens is 224 g/mol. The Labute approximate surface area is 98.9 Å². The van der Waals surface area contributed by atoms with Gasteiger partial charge in [-0.15, -0.1) is 0 Å². The molecule has 0 radical (unpaired) electrons. The van der Waals surface area contributed by atoms with E-state index < -0.39 is 0 Å². The van der Waals surface area contributed by atoms with E-state index in [0.29, 0.717) is 6.61 Å². The highest BCUT2D eigenvalue weighted by Gasteiger charge is 2.26. The van der Waals surface area contributed by atoms with Crippen LogP contribution in [0.15, 0.2) is 11.4 Å². The van der Waals surface area contributed by atoms with Crippen molar-refractivity contribution in [2.45, 2.75) is 24.2 Å². The molecule has 3 heterocycles. The Kier molecular flexibility index (Phi) is 2.89. The van der Waals surface area contributed by atoms with Crippen LogP contribution in [0.2, 0.25) is 0 Å². The molecule has 0 spiro atoms. The Bertz CT molecular complexity index is 357. The van der Waals surface area contributed by atoms with Gasteiger partial charge in [-0.3, -0.25) is 5.84 Å². The van der Waals surface area contributed by atoms with Crippen molar-refractivity contribution in [3.8, 4) is 0 Å². The first-order valence-corrected chi connectivity index (χ1v) is 6.62. The van der Waals surface area contributed by atoms with E-state index in [1.54, 1.807) is 0 Å². The van der Waals surface area contributed by atoms with E-state index in [-0.39, 0.29) is 6.04 Å². The summed E-state index contributed by atoms with van der Waals surface area (Å²) in [5, 5.41) is 2.96. The van der Waals surface area contributed by atoms with Gasteiger partial charge >= 0.3 is 0 Å². The number of aryl methyl sites for hydroxylation is 1. The van der Waals surface area contributed by atoms with Crippen LogP contribution in [-0.4, -0.2) is 40.1 Å². The summed E-state index contributed by atoms with van der Waals surface area (Å²) in [5.41, 5.74) is 1.05. The first-order valence-electron chi connectivity index (χ1n) is 5.63. The van der Waals surface area contributed by atoms with Gasteiger partial charge in [-0.05, 0) is 6.42 Å². The summed E-state index contributed by atoms with van der Waals surface area (Å²) in [5.74, 6) is 7.14. The zero-order chi connectivity index (χ0) is 11.0. The zero-order valence-electron chi connectivity index (χ0n) is 9.13. The average Bonchev–Trinajstić information content (AvgIpc) is 2.73. The molecule has 1 unspecified atom stereocenters. The molecule has 6 heteroatoms. The van der Waals surface area contributed by atoms with Crippen molar-refractivity contribution in [2.24, 2.45) is 5.84 Å². The summed E-state index contributed by atoms with van der Waals surface area (Å²) >= 11 is 1.83. The number of rotatable bonds is 1. The normalized spacial score (nSPS) is 26.7. The van der Waals surface area contributed by atoms with Crippen LogP contribution in [0.3, 0.4) is 0 Å². The fourth-order valence-corrected chi connectivity index (χ4v) is 3.06. The number of imidazole rings is 1. The highest BCUT2D eigenvalue weighted by atomic mass is 32.2. The van der Waals surface area contributed by atoms with Gasteiger partial charge in [-0.2, -0.15) is 0 Å². The number of hydrogen-bond donors (Lipinski definition) is 1. The van der Waals surface area contributed by atoms with Crippen LogP contribution in [0.4, 0.5) is 0 Å². The topological polar surface area (TPSA) is 56.3 Å². The molecule has 88 valence electrons. The Balaban J connectivity index is 1.85. The molecular formula is C10H16N4OS. The van der Waals surface area contributed by atoms with Crippen molar-refractivity contribution in [1.82, 2.24) is 14.6 Å². The van der Waals surface area contributed by atoms with Crippen LogP contribution in [0.25, 0.3) is 0 Å². The summed E-state index contributed by atoms with van der Waals surface area (Å²) in [6.45, 7) is 3.22. The first-order chi connectivity index (χ1) is 7.84. The monoisotopic (exact) mass is 240 g/mol. The molecule has 2 aliphatic heterocycles. The molecule has 1 aromatic rings. The Hall–Kier alpha value is -0.560. The summed E-state index contributed by atoms with van der Waals surface area (Å²) < 4.78 is 7.69. The van der Waals surface area contributed by atoms with Gasteiger partial charge in [-0.1, -0.05) is 11.8 Å². The molecule has 2 N–H and O–H groups in total. The van der Waals surface area contributed by atoms with Gasteiger partial charge in [-0.25, -0.2) is 9.99 Å². The van der Waals surface area contributed by atoms with E-state index >= 15 is 0 Å². The van der Waals surface area contributed by atoms with E-state index in [9.17, 15) is 0 Å². The van der Waals surface area contributed by atoms with Gasteiger partial charge in [0, 0.05) is 25.0 Å². The second-order valence-electron chi connectivity index (χ2n) is 4.17. The molecule has 0 aromatic carbocycles. The average molecular weight is 240 g/mol. The zero-order valence-corrected chi connectivity index (χ0v) is 9.95. The van der Waals surface area contributed by atoms with Crippen LogP contribution in [0.1, 0.15) is 18.2 Å². The molecule has 5 nitrogen and oxygen atoms in total. The van der Waals surface area contributed by atoms with Crippen LogP contribution in [0, 0.1) is 0 Å². The molecule has 1 aromatic heterocycles. The maximum atomic E-state index is 5.97. The van der Waals surface area contributed by atoms with Crippen molar-refractivity contribution in [3.63, 3.8) is 0 Å². The van der Waals surface area contributed by atoms with Gasteiger partial charge in [0.25, 0.3) is 0 Å². The summed E-state index contributed by atoms with van der Waals surface area (Å²) in [4.78, 5) is 4.65. The minimum absolute atomic E-state index is 0.118. The number of morpholine rings is 1. The molecule has 2 aliphatic rings. The smallest absolute Gasteiger partial charge is 0.168 e. The van der Waals surface area contributed by atoms with Gasteiger partial charge < -0.3 is 9.30 Å². The lowest BCUT2D eigenvalue weighted by molar-refractivity contribution is -0.0105. The number of hydrazine groups is 1. The fourth-order valence-electron chi connectivity index (χ4n) is 2.12. The lowest BCUT2D eigenvalue weighted by Crippen LogP contribution is -2.44. The van der Waals surface area contributed by atoms with Crippen LogP contribution in [0.5, 0.6) is 0 Å². The molecule has 16 heavy (non-hydrogen) atoms. The summed E-state index contributed by atoms with van der Waals surface area (Å²) in [6.07, 6.45) is 3.35. The van der Waals surface area contributed by atoms with Crippen LogP contribution in [-0.2, 0) is 11.3 Å². The second-order valence-corrected chi connectivity index (χ2v) is 5.23. The molecule has 1 saturated heterocycles. The van der Waals surface area contributed by atoms with Gasteiger partial charge in [0.1, 0.15) is 0 Å². The maximum Gasteiger partial charge on any atom is 0.168 e. The minimum Gasteiger partial charge on any atom is -0.378 e. The third kappa shape index (κ3) is 1.86. The third-order valence-electron chi connectivity index (χ3n) is 3.04. The summed E-state index contributed by atoms with van der Waals surface area (Å²) in [6, 6.07) is 0.118. The van der Waals surface area contributed by atoms with Crippen molar-refractivity contribution < 1.29 is 4.74 Å². The first kappa shape index (κ1) is 10.6. The van der Waals surface area contributed by atoms with Crippen molar-refractivity contribution in [1.29, 1.82) is 0 Å². The molecule has 1 atom stereocenters. The number of ether oxygens (including phenoxy) is 1. The van der Waals surface area contributed by atoms with E-state index in [1.807, 2.05) is 16.8 Å². The molecule has 0 saturated carbocycles. The van der Waals surface area contributed by atoms with Crippen molar-refractivity contribution in [2.75, 3.05) is 25.5 Å². The molecule has 0 aliphatic carbocycles. The van der Waals surface area contributed by atoms with Gasteiger partial charge in [0.15, 0.2) is 5.16 Å². The van der Waals surface area contributed by atoms with Gasteiger partial charge in [0.05, 0.1) is 24.9 Å². The number of aromatic nitrogens is 2. The number of nitrogens with two attached hydrogens (primary N) is 1. The van der Waals surface area contributed by atoms with Gasteiger partial charge in [0.2, 0.25) is 0 Å². The van der Waals surface area contributed by atoms with Crippen molar-refractivity contribution in [3.05, 3.63) is 11.9 Å². The Morgan fingerprint density at radius 3 is 3.25 bits per heavy atom. The molecule has 1 fully saturated rings. The van der Waals surface area contributed by atoms with E-state index in [2.05, 4.69) is 15.7 Å². The highest BCUT2D eigenvalue weighted by molar-refractivity contribution is 7.99. The lowest BCUT2D eigenvalue weighted by atomic mass is 10.2. The van der Waals surface area contributed by atoms with Crippen LogP contribution >= 0.6 is 11.8 Å². The Morgan fingerprint density at radius 1 is 1.50 bits per heavy atom. The third-order valence-corrected chi connectivity index (χ3v) is 4.12. The number of fused-ring (bicyclic) bond motifs is 1. The second kappa shape index (κ2) is 4.37. The molecule has 0 bridgehead atoms. The standard InChI is InChI=1S/C10H16N4OS/c11-14-3-4-15-7-9(14)8-6-13-2-1-5-16-10(13)12-8/h6,9H,1-5,7,11H2. The Morgan fingerprint density at radius 2 is 2.44 bits per heavy atom. The summed E-state index contributed by atoms with van der Waals surface area (Å²) in [7, 11) is 0. The van der Waals surface area contributed by atoms with E-state index in [0.717, 1.165) is 30.5 Å². The maximum absolute atomic E-state index is 5.97. The lowest BCUT2D eigenvalue weighted by Gasteiger charge is -2.30. The SMILES string of the molecule is NN1CCOCC1c1cn2c(n1)SCCC2. The molecule has 0 amide bonds. The predicted molar refractivity (Wildman–Crippen MR) is 62.0 cm³/mol.